The summed E-state index contributed by atoms with van der Waals surface area (Å²) in [5.74, 6) is 0.432. The van der Waals surface area contributed by atoms with Crippen LogP contribution in [0.1, 0.15) is 43.0 Å². The minimum atomic E-state index is -0.282. The fourth-order valence-electron chi connectivity index (χ4n) is 2.91. The lowest BCUT2D eigenvalue weighted by atomic mass is 9.73. The van der Waals surface area contributed by atoms with E-state index in [4.69, 9.17) is 0 Å². The number of aromatic nitrogens is 3. The molecule has 0 radical (unpaired) electrons. The van der Waals surface area contributed by atoms with Gasteiger partial charge in [-0.25, -0.2) is 4.98 Å². The molecule has 24 heavy (non-hydrogen) atoms. The number of pyridine rings is 1. The predicted octanol–water partition coefficient (Wildman–Crippen LogP) is 2.54. The molecule has 3 rings (SSSR count). The van der Waals surface area contributed by atoms with Gasteiger partial charge in [0.05, 0.1) is 11.7 Å². The van der Waals surface area contributed by atoms with Gasteiger partial charge in [-0.05, 0) is 25.0 Å². The Morgan fingerprint density at radius 3 is 3.00 bits per heavy atom. The number of carbonyl (C=O) groups excluding carboxylic acids is 1. The van der Waals surface area contributed by atoms with E-state index in [1.807, 2.05) is 0 Å². The van der Waals surface area contributed by atoms with Crippen LogP contribution >= 0.6 is 11.3 Å². The normalized spacial score (nSPS) is 23.7. The first-order valence-corrected chi connectivity index (χ1v) is 8.90. The van der Waals surface area contributed by atoms with Crippen molar-refractivity contribution in [3.8, 4) is 0 Å². The average molecular weight is 347 g/mol. The van der Waals surface area contributed by atoms with E-state index >= 15 is 0 Å². The summed E-state index contributed by atoms with van der Waals surface area (Å²) in [6, 6.07) is 3.49. The SMILES string of the molecule is CC1(CNc2ccc(C(=O)Nc3nncs3)cn2)CCCCC1O. The fourth-order valence-corrected chi connectivity index (χ4v) is 3.35. The van der Waals surface area contributed by atoms with Crippen LogP contribution in [-0.4, -0.2) is 38.8 Å². The maximum Gasteiger partial charge on any atom is 0.259 e. The summed E-state index contributed by atoms with van der Waals surface area (Å²) in [5.41, 5.74) is 1.88. The molecule has 0 aromatic carbocycles. The van der Waals surface area contributed by atoms with E-state index in [1.165, 1.54) is 17.5 Å². The Balaban J connectivity index is 1.57. The average Bonchev–Trinajstić information content (AvgIpc) is 3.09. The van der Waals surface area contributed by atoms with Crippen molar-refractivity contribution >= 4 is 28.2 Å². The molecular formula is C16H21N5O2S. The van der Waals surface area contributed by atoms with Gasteiger partial charge in [0.1, 0.15) is 11.3 Å². The van der Waals surface area contributed by atoms with Crippen LogP contribution in [-0.2, 0) is 0 Å². The number of rotatable bonds is 5. The molecule has 2 atom stereocenters. The van der Waals surface area contributed by atoms with Crippen molar-refractivity contribution in [2.45, 2.75) is 38.7 Å². The van der Waals surface area contributed by atoms with Gasteiger partial charge in [0.2, 0.25) is 5.13 Å². The summed E-state index contributed by atoms with van der Waals surface area (Å²) >= 11 is 1.26. The minimum absolute atomic E-state index is 0.131. The van der Waals surface area contributed by atoms with E-state index in [0.29, 0.717) is 23.1 Å². The van der Waals surface area contributed by atoms with Crippen molar-refractivity contribution in [3.05, 3.63) is 29.4 Å². The highest BCUT2D eigenvalue weighted by Crippen LogP contribution is 2.36. The standard InChI is InChI=1S/C16H21N5O2S/c1-16(7-3-2-4-12(16)22)9-18-13-6-5-11(8-17-13)14(23)20-15-21-19-10-24-15/h5-6,8,10,12,22H,2-4,7,9H2,1H3,(H,17,18)(H,20,21,23). The molecule has 128 valence electrons. The van der Waals surface area contributed by atoms with Gasteiger partial charge in [-0.2, -0.15) is 0 Å². The van der Waals surface area contributed by atoms with Crippen LogP contribution < -0.4 is 10.6 Å². The lowest BCUT2D eigenvalue weighted by Gasteiger charge is -2.38. The number of nitrogens with zero attached hydrogens (tertiary/aromatic N) is 3. The van der Waals surface area contributed by atoms with E-state index in [0.717, 1.165) is 25.7 Å². The van der Waals surface area contributed by atoms with Crippen molar-refractivity contribution in [1.29, 1.82) is 0 Å². The molecule has 0 spiro atoms. The Labute approximate surface area is 144 Å². The van der Waals surface area contributed by atoms with Crippen LogP contribution in [0.25, 0.3) is 0 Å². The van der Waals surface area contributed by atoms with Crippen molar-refractivity contribution in [3.63, 3.8) is 0 Å². The molecule has 8 heteroatoms. The molecule has 1 aliphatic carbocycles. The minimum Gasteiger partial charge on any atom is -0.392 e. The number of hydrogen-bond donors (Lipinski definition) is 3. The van der Waals surface area contributed by atoms with Crippen LogP contribution in [0.2, 0.25) is 0 Å². The summed E-state index contributed by atoms with van der Waals surface area (Å²) in [6.45, 7) is 2.77. The second-order valence-corrected chi connectivity index (χ2v) is 7.23. The second-order valence-electron chi connectivity index (χ2n) is 6.40. The molecule has 0 saturated heterocycles. The molecule has 1 amide bonds. The molecule has 2 aromatic heterocycles. The Bertz CT molecular complexity index is 676. The first-order chi connectivity index (χ1) is 11.6. The third-order valence-electron chi connectivity index (χ3n) is 4.56. The van der Waals surface area contributed by atoms with Crippen LogP contribution in [0.3, 0.4) is 0 Å². The Hall–Kier alpha value is -2.06. The van der Waals surface area contributed by atoms with Crippen molar-refractivity contribution < 1.29 is 9.90 Å². The third kappa shape index (κ3) is 3.88. The zero-order valence-corrected chi connectivity index (χ0v) is 14.3. The quantitative estimate of drug-likeness (QED) is 0.768. The lowest BCUT2D eigenvalue weighted by molar-refractivity contribution is 0.00958. The maximum atomic E-state index is 12.1. The van der Waals surface area contributed by atoms with Gasteiger partial charge in [-0.3, -0.25) is 10.1 Å². The zero-order valence-electron chi connectivity index (χ0n) is 13.5. The zero-order chi connectivity index (χ0) is 17.0. The molecular weight excluding hydrogens is 326 g/mol. The van der Waals surface area contributed by atoms with Gasteiger partial charge in [-0.1, -0.05) is 31.1 Å². The second kappa shape index (κ2) is 7.23. The van der Waals surface area contributed by atoms with Crippen LogP contribution in [0, 0.1) is 5.41 Å². The van der Waals surface area contributed by atoms with Gasteiger partial charge < -0.3 is 10.4 Å². The number of amides is 1. The van der Waals surface area contributed by atoms with E-state index in [-0.39, 0.29) is 17.4 Å². The largest absolute Gasteiger partial charge is 0.392 e. The van der Waals surface area contributed by atoms with Crippen LogP contribution in [0.4, 0.5) is 10.9 Å². The van der Waals surface area contributed by atoms with Gasteiger partial charge >= 0.3 is 0 Å². The molecule has 7 nitrogen and oxygen atoms in total. The predicted molar refractivity (Wildman–Crippen MR) is 93.2 cm³/mol. The van der Waals surface area contributed by atoms with E-state index in [2.05, 4.69) is 32.7 Å². The van der Waals surface area contributed by atoms with E-state index in [9.17, 15) is 9.90 Å². The monoisotopic (exact) mass is 347 g/mol. The molecule has 0 bridgehead atoms. The number of hydrogen-bond acceptors (Lipinski definition) is 7. The van der Waals surface area contributed by atoms with Crippen molar-refractivity contribution in [2.24, 2.45) is 5.41 Å². The summed E-state index contributed by atoms with van der Waals surface area (Å²) in [7, 11) is 0. The molecule has 1 saturated carbocycles. The Morgan fingerprint density at radius 1 is 1.46 bits per heavy atom. The molecule has 1 aliphatic rings. The summed E-state index contributed by atoms with van der Waals surface area (Å²) in [4.78, 5) is 16.3. The van der Waals surface area contributed by atoms with Gasteiger partial charge in [0, 0.05) is 18.2 Å². The fraction of sp³-hybridized carbons (Fsp3) is 0.500. The summed E-state index contributed by atoms with van der Waals surface area (Å²) < 4.78 is 0. The molecule has 2 unspecified atom stereocenters. The number of nitrogens with one attached hydrogen (secondary N) is 2. The highest BCUT2D eigenvalue weighted by molar-refractivity contribution is 7.13. The first-order valence-electron chi connectivity index (χ1n) is 8.02. The molecule has 2 aromatic rings. The van der Waals surface area contributed by atoms with Crippen LogP contribution in [0.5, 0.6) is 0 Å². The van der Waals surface area contributed by atoms with Gasteiger partial charge in [-0.15, -0.1) is 10.2 Å². The number of aliphatic hydroxyl groups excluding tert-OH is 1. The topological polar surface area (TPSA) is 100 Å². The summed E-state index contributed by atoms with van der Waals surface area (Å²) in [6.07, 6.45) is 5.34. The van der Waals surface area contributed by atoms with E-state index in [1.54, 1.807) is 17.6 Å². The summed E-state index contributed by atoms with van der Waals surface area (Å²) in [5, 5.41) is 24.1. The molecule has 0 aliphatic heterocycles. The van der Waals surface area contributed by atoms with Crippen LogP contribution in [0.15, 0.2) is 23.8 Å². The third-order valence-corrected chi connectivity index (χ3v) is 5.17. The van der Waals surface area contributed by atoms with E-state index < -0.39 is 0 Å². The lowest BCUT2D eigenvalue weighted by Crippen LogP contribution is -2.41. The Morgan fingerprint density at radius 2 is 2.33 bits per heavy atom. The first kappa shape index (κ1) is 16.8. The highest BCUT2D eigenvalue weighted by Gasteiger charge is 2.35. The van der Waals surface area contributed by atoms with Crippen molar-refractivity contribution in [2.75, 3.05) is 17.2 Å². The number of anilines is 2. The van der Waals surface area contributed by atoms with Gasteiger partial charge in [0.25, 0.3) is 5.91 Å². The Kier molecular flexibility index (Phi) is 5.06. The molecule has 1 fully saturated rings. The molecule has 3 N–H and O–H groups in total. The molecule has 2 heterocycles. The number of aliphatic hydroxyl groups is 1. The van der Waals surface area contributed by atoms with Gasteiger partial charge in [0.15, 0.2) is 0 Å². The van der Waals surface area contributed by atoms with Crippen molar-refractivity contribution in [1.82, 2.24) is 15.2 Å². The highest BCUT2D eigenvalue weighted by atomic mass is 32.1. The number of carbonyl (C=O) groups is 1. The smallest absolute Gasteiger partial charge is 0.259 e. The maximum absolute atomic E-state index is 12.1.